The van der Waals surface area contributed by atoms with E-state index in [-0.39, 0.29) is 5.41 Å². The van der Waals surface area contributed by atoms with E-state index in [2.05, 4.69) is 62.5 Å². The van der Waals surface area contributed by atoms with Gasteiger partial charge in [-0.2, -0.15) is 0 Å². The van der Waals surface area contributed by atoms with Gasteiger partial charge in [-0.1, -0.05) is 49.7 Å². The van der Waals surface area contributed by atoms with Gasteiger partial charge in [-0.25, -0.2) is 0 Å². The van der Waals surface area contributed by atoms with Crippen LogP contribution in [-0.4, -0.2) is 0 Å². The zero-order valence-corrected chi connectivity index (χ0v) is 13.0. The fraction of sp³-hybridized carbons (Fsp3) is 0.333. The number of fused-ring (bicyclic) bond motifs is 1. The average molecular weight is 286 g/mol. The number of hydrogen-bond acceptors (Lipinski definition) is 1. The lowest BCUT2D eigenvalue weighted by molar-refractivity contribution is 0.337. The zero-order chi connectivity index (χ0) is 14.3. The van der Waals surface area contributed by atoms with E-state index in [1.54, 1.807) is 0 Å². The molecule has 1 aliphatic rings. The molecule has 20 heavy (non-hydrogen) atoms. The van der Waals surface area contributed by atoms with Crippen LogP contribution in [0.4, 0.5) is 5.69 Å². The standard InChI is InChI=1S/C18H20ClN/c1-12-6-4-5-7-16(12)20-17-15-10-14(19)9-8-13(15)11-18(17,2)3/h4-10,17,20H,11H2,1-3H3. The molecule has 0 amide bonds. The van der Waals surface area contributed by atoms with Crippen LogP contribution >= 0.6 is 11.6 Å². The minimum atomic E-state index is 0.190. The number of para-hydroxylation sites is 1. The number of nitrogens with one attached hydrogen (secondary N) is 1. The van der Waals surface area contributed by atoms with E-state index in [0.29, 0.717) is 6.04 Å². The van der Waals surface area contributed by atoms with E-state index in [0.717, 1.165) is 11.4 Å². The van der Waals surface area contributed by atoms with Crippen molar-refractivity contribution in [2.24, 2.45) is 5.41 Å². The Morgan fingerprint density at radius 2 is 1.90 bits per heavy atom. The van der Waals surface area contributed by atoms with Crippen molar-refractivity contribution in [3.63, 3.8) is 0 Å². The molecule has 0 bridgehead atoms. The Bertz CT molecular complexity index is 646. The minimum Gasteiger partial charge on any atom is -0.377 e. The normalized spacial score (nSPS) is 19.7. The predicted molar refractivity (Wildman–Crippen MR) is 86.5 cm³/mol. The van der Waals surface area contributed by atoms with Crippen molar-refractivity contribution in [3.8, 4) is 0 Å². The summed E-state index contributed by atoms with van der Waals surface area (Å²) in [6.07, 6.45) is 1.09. The Morgan fingerprint density at radius 1 is 1.15 bits per heavy atom. The van der Waals surface area contributed by atoms with Gasteiger partial charge in [-0.15, -0.1) is 0 Å². The maximum absolute atomic E-state index is 6.19. The van der Waals surface area contributed by atoms with E-state index in [9.17, 15) is 0 Å². The van der Waals surface area contributed by atoms with Crippen molar-refractivity contribution in [2.45, 2.75) is 33.2 Å². The smallest absolute Gasteiger partial charge is 0.0571 e. The lowest BCUT2D eigenvalue weighted by atomic mass is 9.85. The van der Waals surface area contributed by atoms with Gasteiger partial charge in [0.2, 0.25) is 0 Å². The van der Waals surface area contributed by atoms with Gasteiger partial charge in [-0.3, -0.25) is 0 Å². The van der Waals surface area contributed by atoms with Gasteiger partial charge in [0, 0.05) is 10.7 Å². The largest absolute Gasteiger partial charge is 0.377 e. The third-order valence-electron chi connectivity index (χ3n) is 4.29. The Kier molecular flexibility index (Phi) is 3.25. The van der Waals surface area contributed by atoms with Crippen molar-refractivity contribution >= 4 is 17.3 Å². The first-order chi connectivity index (χ1) is 9.47. The lowest BCUT2D eigenvalue weighted by Gasteiger charge is -2.30. The summed E-state index contributed by atoms with van der Waals surface area (Å²) in [7, 11) is 0. The summed E-state index contributed by atoms with van der Waals surface area (Å²) in [6.45, 7) is 6.77. The Hall–Kier alpha value is -1.47. The molecule has 0 saturated carbocycles. The molecule has 0 aliphatic heterocycles. The Morgan fingerprint density at radius 3 is 2.65 bits per heavy atom. The Balaban J connectivity index is 2.00. The summed E-state index contributed by atoms with van der Waals surface area (Å²) in [6, 6.07) is 15.0. The molecule has 0 aromatic heterocycles. The summed E-state index contributed by atoms with van der Waals surface area (Å²) >= 11 is 6.19. The van der Waals surface area contributed by atoms with Crippen LogP contribution in [-0.2, 0) is 6.42 Å². The van der Waals surface area contributed by atoms with Gasteiger partial charge in [0.25, 0.3) is 0 Å². The second-order valence-electron chi connectivity index (χ2n) is 6.40. The molecule has 2 aromatic rings. The molecule has 0 saturated heterocycles. The van der Waals surface area contributed by atoms with Gasteiger partial charge in [0.1, 0.15) is 0 Å². The molecule has 0 fully saturated rings. The maximum Gasteiger partial charge on any atom is 0.0571 e. The van der Waals surface area contributed by atoms with Crippen LogP contribution in [0, 0.1) is 12.3 Å². The van der Waals surface area contributed by atoms with Crippen molar-refractivity contribution in [2.75, 3.05) is 5.32 Å². The predicted octanol–water partition coefficient (Wildman–Crippen LogP) is 5.38. The van der Waals surface area contributed by atoms with Crippen molar-refractivity contribution in [3.05, 3.63) is 64.2 Å². The molecule has 1 nitrogen and oxygen atoms in total. The number of anilines is 1. The highest BCUT2D eigenvalue weighted by atomic mass is 35.5. The first kappa shape index (κ1) is 13.5. The summed E-state index contributed by atoms with van der Waals surface area (Å²) in [5.74, 6) is 0. The number of hydrogen-bond donors (Lipinski definition) is 1. The monoisotopic (exact) mass is 285 g/mol. The highest BCUT2D eigenvalue weighted by Gasteiger charge is 2.39. The first-order valence-corrected chi connectivity index (χ1v) is 7.46. The maximum atomic E-state index is 6.19. The average Bonchev–Trinajstić information content (AvgIpc) is 2.63. The molecule has 2 heteroatoms. The van der Waals surface area contributed by atoms with Gasteiger partial charge >= 0.3 is 0 Å². The van der Waals surface area contributed by atoms with Gasteiger partial charge in [-0.05, 0) is 53.6 Å². The molecule has 104 valence electrons. The van der Waals surface area contributed by atoms with E-state index in [4.69, 9.17) is 11.6 Å². The highest BCUT2D eigenvalue weighted by molar-refractivity contribution is 6.30. The number of halogens is 1. The van der Waals surface area contributed by atoms with Crippen LogP contribution < -0.4 is 5.32 Å². The molecule has 2 aromatic carbocycles. The summed E-state index contributed by atoms with van der Waals surface area (Å²) in [4.78, 5) is 0. The third-order valence-corrected chi connectivity index (χ3v) is 4.53. The molecule has 1 N–H and O–H groups in total. The fourth-order valence-electron chi connectivity index (χ4n) is 3.17. The van der Waals surface area contributed by atoms with Gasteiger partial charge in [0.15, 0.2) is 0 Å². The second-order valence-corrected chi connectivity index (χ2v) is 6.84. The second kappa shape index (κ2) is 4.82. The fourth-order valence-corrected chi connectivity index (χ4v) is 3.35. The van der Waals surface area contributed by atoms with Crippen LogP contribution in [0.15, 0.2) is 42.5 Å². The molecule has 0 radical (unpaired) electrons. The SMILES string of the molecule is Cc1ccccc1NC1c2cc(Cl)ccc2CC1(C)C. The summed E-state index contributed by atoms with van der Waals surface area (Å²) < 4.78 is 0. The molecule has 1 unspecified atom stereocenters. The molecule has 0 heterocycles. The van der Waals surface area contributed by atoms with Crippen LogP contribution in [0.5, 0.6) is 0 Å². The van der Waals surface area contributed by atoms with E-state index >= 15 is 0 Å². The summed E-state index contributed by atoms with van der Waals surface area (Å²) in [5, 5.41) is 4.54. The topological polar surface area (TPSA) is 12.0 Å². The lowest BCUT2D eigenvalue weighted by Crippen LogP contribution is -2.24. The third kappa shape index (κ3) is 2.31. The molecular formula is C18H20ClN. The van der Waals surface area contributed by atoms with E-state index < -0.39 is 0 Å². The molecule has 1 atom stereocenters. The van der Waals surface area contributed by atoms with Crippen LogP contribution in [0.1, 0.15) is 36.6 Å². The molecule has 0 spiro atoms. The minimum absolute atomic E-state index is 0.190. The van der Waals surface area contributed by atoms with Crippen molar-refractivity contribution in [1.29, 1.82) is 0 Å². The van der Waals surface area contributed by atoms with Crippen LogP contribution in [0.25, 0.3) is 0 Å². The van der Waals surface area contributed by atoms with Crippen LogP contribution in [0.2, 0.25) is 5.02 Å². The summed E-state index contributed by atoms with van der Waals surface area (Å²) in [5.41, 5.74) is 5.42. The molecular weight excluding hydrogens is 266 g/mol. The molecule has 1 aliphatic carbocycles. The van der Waals surface area contributed by atoms with Gasteiger partial charge in [0.05, 0.1) is 6.04 Å². The van der Waals surface area contributed by atoms with Gasteiger partial charge < -0.3 is 5.32 Å². The first-order valence-electron chi connectivity index (χ1n) is 7.08. The molecule has 3 rings (SSSR count). The van der Waals surface area contributed by atoms with Crippen molar-refractivity contribution in [1.82, 2.24) is 0 Å². The quantitative estimate of drug-likeness (QED) is 0.781. The van der Waals surface area contributed by atoms with E-state index in [1.165, 1.54) is 22.4 Å². The number of benzene rings is 2. The Labute approximate surface area is 126 Å². The number of rotatable bonds is 2. The van der Waals surface area contributed by atoms with Crippen molar-refractivity contribution < 1.29 is 0 Å². The number of aryl methyl sites for hydroxylation is 1. The highest BCUT2D eigenvalue weighted by Crippen LogP contribution is 2.47. The van der Waals surface area contributed by atoms with E-state index in [1.807, 2.05) is 6.07 Å². The van der Waals surface area contributed by atoms with Crippen LogP contribution in [0.3, 0.4) is 0 Å². The zero-order valence-electron chi connectivity index (χ0n) is 12.2.